The SMILES string of the molecule is CC(C)CCC[N+](C)(C)CCCCOc1cc(/C=C/c2ccc(/C=C/c3cc(OCCCC[N+](C)(C)CCCC(C)C)cc(OCCCC[N+](C)(C)CCCC(C)C)c3)cc2)cc(OCCCC[N+](C)(C)CCCC(C)C)c1.[I-].[I-].[I-].[I-]. The molecule has 3 aromatic rings. The lowest BCUT2D eigenvalue weighted by Crippen LogP contribution is -3.00. The van der Waals surface area contributed by atoms with E-state index in [1.165, 1.54) is 104 Å². The molecule has 0 bridgehead atoms. The summed E-state index contributed by atoms with van der Waals surface area (Å²) in [5.74, 6) is 6.59. The number of ether oxygens (including phenoxy) is 4. The van der Waals surface area contributed by atoms with Crippen molar-refractivity contribution in [2.45, 2.75) is 158 Å². The number of benzene rings is 3. The van der Waals surface area contributed by atoms with Crippen molar-refractivity contribution in [3.05, 3.63) is 82.9 Å². The highest BCUT2D eigenvalue weighted by Crippen LogP contribution is 2.28. The minimum atomic E-state index is 0. The van der Waals surface area contributed by atoms with Gasteiger partial charge in [-0.3, -0.25) is 0 Å². The Labute approximate surface area is 574 Å². The average Bonchev–Trinajstić information content (AvgIpc) is 3.34. The van der Waals surface area contributed by atoms with Gasteiger partial charge >= 0.3 is 0 Å². The van der Waals surface area contributed by atoms with E-state index >= 15 is 0 Å². The fourth-order valence-corrected chi connectivity index (χ4v) is 10.3. The highest BCUT2D eigenvalue weighted by Gasteiger charge is 2.18. The van der Waals surface area contributed by atoms with E-state index in [0.29, 0.717) is 26.4 Å². The van der Waals surface area contributed by atoms with Gasteiger partial charge in [0.15, 0.2) is 0 Å². The molecule has 3 aromatic carbocycles. The van der Waals surface area contributed by atoms with Gasteiger partial charge in [-0.1, -0.05) is 104 Å². The molecule has 474 valence electrons. The summed E-state index contributed by atoms with van der Waals surface area (Å²) >= 11 is 0. The first-order valence-electron chi connectivity index (χ1n) is 31.4. The Bertz CT molecular complexity index is 1870. The van der Waals surface area contributed by atoms with Gasteiger partial charge in [0.25, 0.3) is 0 Å². The summed E-state index contributed by atoms with van der Waals surface area (Å²) in [6.45, 7) is 31.1. The molecule has 0 unspecified atom stereocenters. The second-order valence-corrected chi connectivity index (χ2v) is 27.7. The molecule has 8 nitrogen and oxygen atoms in total. The summed E-state index contributed by atoms with van der Waals surface area (Å²) in [5.41, 5.74) is 4.45. The van der Waals surface area contributed by atoms with Crippen LogP contribution < -0.4 is 115 Å². The Morgan fingerprint density at radius 1 is 0.280 bits per heavy atom. The van der Waals surface area contributed by atoms with Crippen LogP contribution in [0.2, 0.25) is 0 Å². The first-order valence-corrected chi connectivity index (χ1v) is 31.4. The summed E-state index contributed by atoms with van der Waals surface area (Å²) in [6, 6.07) is 21.6. The van der Waals surface area contributed by atoms with Crippen LogP contribution in [0.3, 0.4) is 0 Å². The van der Waals surface area contributed by atoms with E-state index in [4.69, 9.17) is 18.9 Å². The number of hydrogen-bond donors (Lipinski definition) is 0. The van der Waals surface area contributed by atoms with Gasteiger partial charge in [-0.2, -0.15) is 0 Å². The van der Waals surface area contributed by atoms with Crippen LogP contribution in [0.1, 0.15) is 180 Å². The van der Waals surface area contributed by atoms with Gasteiger partial charge in [0.1, 0.15) is 23.0 Å². The minimum absolute atomic E-state index is 0. The molecule has 0 N–H and O–H groups in total. The maximum absolute atomic E-state index is 6.45. The normalized spacial score (nSPS) is 12.2. The van der Waals surface area contributed by atoms with Crippen LogP contribution in [0.25, 0.3) is 24.3 Å². The van der Waals surface area contributed by atoms with E-state index in [9.17, 15) is 0 Å². The van der Waals surface area contributed by atoms with E-state index in [1.807, 2.05) is 0 Å². The highest BCUT2D eigenvalue weighted by atomic mass is 127. The quantitative estimate of drug-likeness (QED) is 0.0356. The molecule has 82 heavy (non-hydrogen) atoms. The Hall–Kier alpha value is -0.900. The van der Waals surface area contributed by atoms with Gasteiger partial charge in [-0.15, -0.1) is 0 Å². The van der Waals surface area contributed by atoms with Crippen molar-refractivity contribution in [3.63, 3.8) is 0 Å². The molecule has 0 radical (unpaired) electrons. The summed E-state index contributed by atoms with van der Waals surface area (Å²) in [6.07, 6.45) is 27.9. The van der Waals surface area contributed by atoms with Gasteiger partial charge in [-0.25, -0.2) is 0 Å². The molecule has 0 fully saturated rings. The van der Waals surface area contributed by atoms with Gasteiger partial charge in [0.05, 0.1) is 135 Å². The molecule has 0 saturated carbocycles. The van der Waals surface area contributed by atoms with Gasteiger partial charge < -0.3 is 133 Å². The van der Waals surface area contributed by atoms with E-state index in [-0.39, 0.29) is 95.9 Å². The van der Waals surface area contributed by atoms with Crippen molar-refractivity contribution in [1.29, 1.82) is 0 Å². The fourth-order valence-electron chi connectivity index (χ4n) is 10.3. The molecule has 3 rings (SSSR count). The van der Waals surface area contributed by atoms with E-state index < -0.39 is 0 Å². The third kappa shape index (κ3) is 42.1. The monoisotopic (exact) mass is 1590 g/mol. The summed E-state index contributed by atoms with van der Waals surface area (Å²) in [7, 11) is 19.0. The van der Waals surface area contributed by atoms with E-state index in [2.05, 4.69) is 197 Å². The van der Waals surface area contributed by atoms with Crippen molar-refractivity contribution >= 4 is 24.3 Å². The summed E-state index contributed by atoms with van der Waals surface area (Å²) < 4.78 is 30.1. The fraction of sp³-hybridized carbons (Fsp3) is 0.686. The van der Waals surface area contributed by atoms with Crippen LogP contribution in [-0.2, 0) is 0 Å². The van der Waals surface area contributed by atoms with Crippen LogP contribution in [0, 0.1) is 23.7 Å². The lowest BCUT2D eigenvalue weighted by molar-refractivity contribution is -0.890. The maximum Gasteiger partial charge on any atom is 0.123 e. The number of quaternary nitrogens is 4. The third-order valence-electron chi connectivity index (χ3n) is 15.6. The van der Waals surface area contributed by atoms with Crippen LogP contribution in [0.5, 0.6) is 23.0 Å². The number of rotatable bonds is 44. The smallest absolute Gasteiger partial charge is 0.123 e. The Balaban J connectivity index is 0. The zero-order valence-corrected chi connectivity index (χ0v) is 63.8. The minimum Gasteiger partial charge on any atom is -1.00 e. The standard InChI is InChI=1S/C70H122N4O4.4HI/c1-59(2)29-25-45-71(9,10)41-17-21-49-75-67-53-65(54-68(57-67)76-50-22-18-42-72(11,12)46-26-30-60(3)4)39-37-63-33-35-64(36-34-63)38-40-66-55-69(77-51-23-19-43-73(13,14)47-27-31-61(5)6)58-70(56-66)78-52-24-20-44-74(15,16)48-28-32-62(7)8;;;;/h33-40,53-62H,17-32,41-52H2,1-16H3;4*1H/q+4;;;;/p-4/b39-37+,40-38+;;;;. The first kappa shape index (κ1) is 83.2. The number of hydrogen-bond acceptors (Lipinski definition) is 4. The lowest BCUT2D eigenvalue weighted by Gasteiger charge is -2.30. The number of halogens is 4. The molecular formula is C70H122I4N4O4. The van der Waals surface area contributed by atoms with Crippen LogP contribution >= 0.6 is 0 Å². The number of nitrogens with zero attached hydrogens (tertiary/aromatic N) is 4. The third-order valence-corrected chi connectivity index (χ3v) is 15.6. The molecule has 0 spiro atoms. The molecule has 0 aliphatic carbocycles. The summed E-state index contributed by atoms with van der Waals surface area (Å²) in [4.78, 5) is 0. The van der Waals surface area contributed by atoms with Crippen molar-refractivity contribution in [3.8, 4) is 23.0 Å². The Morgan fingerprint density at radius 2 is 0.476 bits per heavy atom. The lowest BCUT2D eigenvalue weighted by atomic mass is 10.1. The van der Waals surface area contributed by atoms with Crippen LogP contribution in [-0.4, -0.2) is 153 Å². The van der Waals surface area contributed by atoms with Crippen molar-refractivity contribution in [1.82, 2.24) is 0 Å². The highest BCUT2D eigenvalue weighted by molar-refractivity contribution is 5.74. The maximum atomic E-state index is 6.45. The molecule has 0 heterocycles. The van der Waals surface area contributed by atoms with Gasteiger partial charge in [-0.05, 0) is 173 Å². The van der Waals surface area contributed by atoms with Crippen LogP contribution in [0.15, 0.2) is 60.7 Å². The van der Waals surface area contributed by atoms with Crippen molar-refractivity contribution in [2.24, 2.45) is 23.7 Å². The van der Waals surface area contributed by atoms with Crippen LogP contribution in [0.4, 0.5) is 0 Å². The van der Waals surface area contributed by atoms with E-state index in [1.54, 1.807) is 0 Å². The number of unbranched alkanes of at least 4 members (excludes halogenated alkanes) is 4. The average molecular weight is 1590 g/mol. The molecule has 0 atom stereocenters. The molecule has 0 amide bonds. The zero-order valence-electron chi connectivity index (χ0n) is 55.1. The molecule has 0 aliphatic heterocycles. The Kier molecular flexibility index (Phi) is 46.0. The van der Waals surface area contributed by atoms with E-state index in [0.717, 1.165) is 138 Å². The second kappa shape index (κ2) is 45.4. The van der Waals surface area contributed by atoms with Gasteiger partial charge in [0, 0.05) is 12.1 Å². The van der Waals surface area contributed by atoms with Gasteiger partial charge in [0.2, 0.25) is 0 Å². The van der Waals surface area contributed by atoms with Crippen molar-refractivity contribution < 1.29 is 133 Å². The summed E-state index contributed by atoms with van der Waals surface area (Å²) in [5, 5.41) is 0. The topological polar surface area (TPSA) is 36.9 Å². The molecular weight excluding hydrogens is 1470 g/mol. The van der Waals surface area contributed by atoms with Crippen molar-refractivity contribution in [2.75, 3.05) is 135 Å². The second-order valence-electron chi connectivity index (χ2n) is 27.7. The predicted molar refractivity (Wildman–Crippen MR) is 340 cm³/mol. The molecule has 0 saturated heterocycles. The molecule has 0 aliphatic rings. The zero-order chi connectivity index (χ0) is 57.5. The molecule has 12 heteroatoms. The largest absolute Gasteiger partial charge is 1.00 e. The predicted octanol–water partition coefficient (Wildman–Crippen LogP) is 4.73. The molecule has 0 aromatic heterocycles. The Morgan fingerprint density at radius 3 is 0.683 bits per heavy atom. The first-order chi connectivity index (χ1) is 36.9.